The molecule has 0 radical (unpaired) electrons. The molecule has 4 nitrogen and oxygen atoms in total. The summed E-state index contributed by atoms with van der Waals surface area (Å²) in [5.74, 6) is 0.0389. The molecule has 1 unspecified atom stereocenters. The number of carbonyl (C=O) groups is 1. The number of rotatable bonds is 1. The smallest absolute Gasteiger partial charge is 0.272 e. The van der Waals surface area contributed by atoms with E-state index in [4.69, 9.17) is 0 Å². The van der Waals surface area contributed by atoms with Gasteiger partial charge in [-0.1, -0.05) is 6.07 Å². The van der Waals surface area contributed by atoms with Crippen molar-refractivity contribution in [2.45, 2.75) is 19.9 Å². The van der Waals surface area contributed by atoms with E-state index in [-0.39, 0.29) is 30.7 Å². The van der Waals surface area contributed by atoms with Crippen LogP contribution in [0.15, 0.2) is 18.2 Å². The van der Waals surface area contributed by atoms with Crippen molar-refractivity contribution in [3.8, 4) is 0 Å². The van der Waals surface area contributed by atoms with Gasteiger partial charge in [0, 0.05) is 31.4 Å². The van der Waals surface area contributed by atoms with E-state index in [1.807, 2.05) is 24.0 Å². The van der Waals surface area contributed by atoms with Crippen LogP contribution in [-0.2, 0) is 0 Å². The number of hydrogen-bond donors (Lipinski definition) is 1. The molecule has 1 aromatic heterocycles. The molecule has 0 bridgehead atoms. The van der Waals surface area contributed by atoms with Gasteiger partial charge in [-0.05, 0) is 26.0 Å². The highest BCUT2D eigenvalue weighted by atomic mass is 35.5. The molecule has 0 aliphatic carbocycles. The van der Waals surface area contributed by atoms with Crippen molar-refractivity contribution < 1.29 is 4.79 Å². The molecule has 1 N–H and O–H groups in total. The van der Waals surface area contributed by atoms with Crippen LogP contribution in [0.4, 0.5) is 0 Å². The van der Waals surface area contributed by atoms with Gasteiger partial charge in [0.2, 0.25) is 0 Å². The molecule has 1 saturated heterocycles. The predicted molar refractivity (Wildman–Crippen MR) is 76.8 cm³/mol. The van der Waals surface area contributed by atoms with E-state index in [2.05, 4.69) is 17.2 Å². The Morgan fingerprint density at radius 2 is 2.17 bits per heavy atom. The van der Waals surface area contributed by atoms with Gasteiger partial charge in [0.25, 0.3) is 5.91 Å². The van der Waals surface area contributed by atoms with Crippen LogP contribution in [0.3, 0.4) is 0 Å². The molecule has 18 heavy (non-hydrogen) atoms. The Labute approximate surface area is 120 Å². The Kier molecular flexibility index (Phi) is 7.21. The molecular weight excluding hydrogens is 273 g/mol. The monoisotopic (exact) mass is 291 g/mol. The lowest BCUT2D eigenvalue weighted by Crippen LogP contribution is -2.51. The van der Waals surface area contributed by atoms with Crippen LogP contribution < -0.4 is 5.32 Å². The molecule has 1 atom stereocenters. The van der Waals surface area contributed by atoms with Crippen LogP contribution in [0.25, 0.3) is 0 Å². The van der Waals surface area contributed by atoms with Crippen molar-refractivity contribution in [1.29, 1.82) is 0 Å². The first-order valence-corrected chi connectivity index (χ1v) is 5.63. The molecular formula is C12H19Cl2N3O. The van der Waals surface area contributed by atoms with Gasteiger partial charge in [-0.3, -0.25) is 4.79 Å². The first-order chi connectivity index (χ1) is 7.66. The Morgan fingerprint density at radius 1 is 1.44 bits per heavy atom. The highest BCUT2D eigenvalue weighted by Crippen LogP contribution is 2.06. The molecule has 1 amide bonds. The highest BCUT2D eigenvalue weighted by molar-refractivity contribution is 5.92. The minimum Gasteiger partial charge on any atom is -0.334 e. The summed E-state index contributed by atoms with van der Waals surface area (Å²) >= 11 is 0. The van der Waals surface area contributed by atoms with Gasteiger partial charge in [0.15, 0.2) is 0 Å². The summed E-state index contributed by atoms with van der Waals surface area (Å²) in [4.78, 5) is 18.3. The molecule has 0 aromatic carbocycles. The maximum absolute atomic E-state index is 12.1. The number of pyridine rings is 1. The van der Waals surface area contributed by atoms with Crippen LogP contribution in [0.5, 0.6) is 0 Å². The number of carbonyl (C=O) groups excluding carboxylic acids is 1. The van der Waals surface area contributed by atoms with Crippen molar-refractivity contribution >= 4 is 30.7 Å². The second kappa shape index (κ2) is 7.56. The molecule has 1 aromatic rings. The summed E-state index contributed by atoms with van der Waals surface area (Å²) in [7, 11) is 0. The fourth-order valence-electron chi connectivity index (χ4n) is 1.94. The van der Waals surface area contributed by atoms with Crippen LogP contribution in [0.1, 0.15) is 23.1 Å². The standard InChI is InChI=1S/C12H17N3O.2ClH/c1-9-4-3-5-11(14-9)12(16)15-7-6-13-10(2)8-15;;/h3-5,10,13H,6-8H2,1-2H3;2*1H. The van der Waals surface area contributed by atoms with Gasteiger partial charge in [-0.15, -0.1) is 24.8 Å². The lowest BCUT2D eigenvalue weighted by Gasteiger charge is -2.31. The number of nitrogens with zero attached hydrogens (tertiary/aromatic N) is 2. The number of amides is 1. The first kappa shape index (κ1) is 17.2. The van der Waals surface area contributed by atoms with Crippen molar-refractivity contribution in [3.63, 3.8) is 0 Å². The Morgan fingerprint density at radius 3 is 2.78 bits per heavy atom. The Balaban J connectivity index is 0.00000144. The second-order valence-corrected chi connectivity index (χ2v) is 4.27. The molecule has 1 fully saturated rings. The SMILES string of the molecule is Cc1cccc(C(=O)N2CCNC(C)C2)n1.Cl.Cl. The maximum Gasteiger partial charge on any atom is 0.272 e. The number of hydrogen-bond acceptors (Lipinski definition) is 3. The maximum atomic E-state index is 12.1. The van der Waals surface area contributed by atoms with Gasteiger partial charge < -0.3 is 10.2 Å². The van der Waals surface area contributed by atoms with E-state index >= 15 is 0 Å². The highest BCUT2D eigenvalue weighted by Gasteiger charge is 2.22. The third-order valence-electron chi connectivity index (χ3n) is 2.76. The number of nitrogens with one attached hydrogen (secondary N) is 1. The summed E-state index contributed by atoms with van der Waals surface area (Å²) in [6, 6.07) is 5.92. The van der Waals surface area contributed by atoms with E-state index in [1.54, 1.807) is 6.07 Å². The van der Waals surface area contributed by atoms with Crippen LogP contribution in [-0.4, -0.2) is 41.5 Å². The zero-order valence-electron chi connectivity index (χ0n) is 10.5. The van der Waals surface area contributed by atoms with E-state index in [0.717, 1.165) is 25.3 Å². The van der Waals surface area contributed by atoms with E-state index < -0.39 is 0 Å². The van der Waals surface area contributed by atoms with Gasteiger partial charge in [0.05, 0.1) is 0 Å². The van der Waals surface area contributed by atoms with Crippen LogP contribution in [0, 0.1) is 6.92 Å². The average molecular weight is 292 g/mol. The Bertz CT molecular complexity index is 401. The second-order valence-electron chi connectivity index (χ2n) is 4.27. The normalized spacial score (nSPS) is 18.6. The average Bonchev–Trinajstić information content (AvgIpc) is 2.28. The number of aromatic nitrogens is 1. The zero-order valence-corrected chi connectivity index (χ0v) is 12.2. The molecule has 0 saturated carbocycles. The first-order valence-electron chi connectivity index (χ1n) is 5.63. The summed E-state index contributed by atoms with van der Waals surface area (Å²) in [6.45, 7) is 6.37. The summed E-state index contributed by atoms with van der Waals surface area (Å²) in [5, 5.41) is 3.32. The molecule has 2 heterocycles. The molecule has 102 valence electrons. The Hall–Kier alpha value is -0.840. The third-order valence-corrected chi connectivity index (χ3v) is 2.76. The molecule has 0 spiro atoms. The fraction of sp³-hybridized carbons (Fsp3) is 0.500. The van der Waals surface area contributed by atoms with Gasteiger partial charge >= 0.3 is 0 Å². The molecule has 2 rings (SSSR count). The minimum absolute atomic E-state index is 0. The fourth-order valence-corrected chi connectivity index (χ4v) is 1.94. The lowest BCUT2D eigenvalue weighted by molar-refractivity contribution is 0.0703. The minimum atomic E-state index is 0. The van der Waals surface area contributed by atoms with Crippen molar-refractivity contribution in [1.82, 2.24) is 15.2 Å². The van der Waals surface area contributed by atoms with Crippen molar-refractivity contribution in [3.05, 3.63) is 29.6 Å². The zero-order chi connectivity index (χ0) is 11.5. The van der Waals surface area contributed by atoms with E-state index in [1.165, 1.54) is 0 Å². The topological polar surface area (TPSA) is 45.2 Å². The molecule has 6 heteroatoms. The van der Waals surface area contributed by atoms with Crippen molar-refractivity contribution in [2.24, 2.45) is 0 Å². The predicted octanol–water partition coefficient (Wildman–Crippen LogP) is 1.67. The van der Waals surface area contributed by atoms with Crippen LogP contribution >= 0.6 is 24.8 Å². The third kappa shape index (κ3) is 4.12. The molecule has 1 aliphatic rings. The van der Waals surface area contributed by atoms with E-state index in [9.17, 15) is 4.79 Å². The number of piperazine rings is 1. The van der Waals surface area contributed by atoms with Gasteiger partial charge in [0.1, 0.15) is 5.69 Å². The summed E-state index contributed by atoms with van der Waals surface area (Å²) in [6.07, 6.45) is 0. The summed E-state index contributed by atoms with van der Waals surface area (Å²) in [5.41, 5.74) is 1.43. The van der Waals surface area contributed by atoms with Gasteiger partial charge in [-0.2, -0.15) is 0 Å². The number of aryl methyl sites for hydroxylation is 1. The largest absolute Gasteiger partial charge is 0.334 e. The van der Waals surface area contributed by atoms with Crippen molar-refractivity contribution in [2.75, 3.05) is 19.6 Å². The van der Waals surface area contributed by atoms with Gasteiger partial charge in [-0.25, -0.2) is 4.98 Å². The number of halogens is 2. The molecule has 1 aliphatic heterocycles. The van der Waals surface area contributed by atoms with Crippen LogP contribution in [0.2, 0.25) is 0 Å². The quantitative estimate of drug-likeness (QED) is 0.856. The van der Waals surface area contributed by atoms with E-state index in [0.29, 0.717) is 11.7 Å². The lowest BCUT2D eigenvalue weighted by atomic mass is 10.2. The summed E-state index contributed by atoms with van der Waals surface area (Å²) < 4.78 is 0.